The second kappa shape index (κ2) is 6.92. The van der Waals surface area contributed by atoms with E-state index in [4.69, 9.17) is 4.74 Å². The first-order chi connectivity index (χ1) is 12.0. The molecule has 3 N–H and O–H groups in total. The van der Waals surface area contributed by atoms with E-state index in [1.165, 1.54) is 37.6 Å². The number of amides is 2. The number of anilines is 1. The highest BCUT2D eigenvalue weighted by Crippen LogP contribution is 2.36. The summed E-state index contributed by atoms with van der Waals surface area (Å²) in [6.45, 7) is 0. The van der Waals surface area contributed by atoms with E-state index in [1.54, 1.807) is 0 Å². The molecule has 7 nitrogen and oxygen atoms in total. The van der Waals surface area contributed by atoms with E-state index in [0.717, 1.165) is 12.8 Å². The Hall–Kier alpha value is -2.90. The molecule has 1 aliphatic rings. The summed E-state index contributed by atoms with van der Waals surface area (Å²) in [5.74, 6) is 0.149. The van der Waals surface area contributed by atoms with Crippen LogP contribution in [0.2, 0.25) is 0 Å². The van der Waals surface area contributed by atoms with Gasteiger partial charge in [-0.25, -0.2) is 14.2 Å². The van der Waals surface area contributed by atoms with Crippen LogP contribution in [-0.2, 0) is 5.54 Å². The maximum absolute atomic E-state index is 13.0. The van der Waals surface area contributed by atoms with Gasteiger partial charge >= 0.3 is 6.03 Å². The molecule has 0 spiro atoms. The molecule has 1 saturated carbocycles. The van der Waals surface area contributed by atoms with Gasteiger partial charge in [-0.3, -0.25) is 4.79 Å². The predicted octanol–water partition coefficient (Wildman–Crippen LogP) is 2.51. The highest BCUT2D eigenvalue weighted by Gasteiger charge is 2.39. The summed E-state index contributed by atoms with van der Waals surface area (Å²) in [6, 6.07) is 5.05. The number of aromatic amines is 1. The first-order valence-corrected chi connectivity index (χ1v) is 8.01. The number of carbonyl (C=O) groups is 1. The van der Waals surface area contributed by atoms with Crippen molar-refractivity contribution in [3.8, 4) is 5.75 Å². The quantitative estimate of drug-likeness (QED) is 0.792. The zero-order valence-electron chi connectivity index (χ0n) is 13.8. The van der Waals surface area contributed by atoms with Crippen molar-refractivity contribution in [1.29, 1.82) is 0 Å². The molecule has 0 bridgehead atoms. The van der Waals surface area contributed by atoms with Crippen molar-refractivity contribution in [2.45, 2.75) is 31.2 Å². The molecule has 1 aromatic heterocycles. The maximum atomic E-state index is 13.0. The standard InChI is InChI=1S/C17H19FN4O3/c1-25-13-10-19-15(21-14(13)23)17(8-2-3-9-17)22-16(24)20-12-6-4-11(18)5-7-12/h4-7,10H,2-3,8-9H2,1H3,(H,19,21,23)(H2,20,22,24). The fourth-order valence-electron chi connectivity index (χ4n) is 3.08. The maximum Gasteiger partial charge on any atom is 0.320 e. The third kappa shape index (κ3) is 3.62. The summed E-state index contributed by atoms with van der Waals surface area (Å²) in [5.41, 5.74) is -0.655. The van der Waals surface area contributed by atoms with E-state index >= 15 is 0 Å². The number of aromatic nitrogens is 2. The zero-order valence-corrected chi connectivity index (χ0v) is 13.8. The second-order valence-electron chi connectivity index (χ2n) is 6.00. The number of benzene rings is 1. The van der Waals surface area contributed by atoms with Crippen molar-refractivity contribution in [2.24, 2.45) is 0 Å². The lowest BCUT2D eigenvalue weighted by molar-refractivity contribution is 0.233. The van der Waals surface area contributed by atoms with Gasteiger partial charge in [0.05, 0.1) is 18.8 Å². The topological polar surface area (TPSA) is 96.1 Å². The van der Waals surface area contributed by atoms with Crippen LogP contribution in [0.5, 0.6) is 5.75 Å². The van der Waals surface area contributed by atoms with Crippen LogP contribution in [-0.4, -0.2) is 23.1 Å². The van der Waals surface area contributed by atoms with Gasteiger partial charge in [0.15, 0.2) is 0 Å². The van der Waals surface area contributed by atoms with Gasteiger partial charge in [0.1, 0.15) is 11.6 Å². The molecule has 1 aromatic carbocycles. The van der Waals surface area contributed by atoms with Crippen LogP contribution in [0, 0.1) is 5.82 Å². The number of halogens is 1. The Bertz CT molecular complexity index is 813. The van der Waals surface area contributed by atoms with Crippen LogP contribution >= 0.6 is 0 Å². The van der Waals surface area contributed by atoms with E-state index < -0.39 is 11.6 Å². The minimum atomic E-state index is -0.741. The number of hydrogen-bond donors (Lipinski definition) is 3. The molecule has 0 aliphatic heterocycles. The summed E-state index contributed by atoms with van der Waals surface area (Å²) in [7, 11) is 1.39. The van der Waals surface area contributed by atoms with Gasteiger partial charge < -0.3 is 20.4 Å². The van der Waals surface area contributed by atoms with Crippen molar-refractivity contribution in [3.05, 3.63) is 52.5 Å². The Morgan fingerprint density at radius 1 is 1.28 bits per heavy atom. The van der Waals surface area contributed by atoms with Gasteiger partial charge in [-0.2, -0.15) is 0 Å². The van der Waals surface area contributed by atoms with Crippen LogP contribution in [0.25, 0.3) is 0 Å². The van der Waals surface area contributed by atoms with Crippen molar-refractivity contribution in [1.82, 2.24) is 15.3 Å². The highest BCUT2D eigenvalue weighted by molar-refractivity contribution is 5.89. The average Bonchev–Trinajstić information content (AvgIpc) is 3.06. The molecule has 2 aromatic rings. The number of H-pyrrole nitrogens is 1. The number of carbonyl (C=O) groups excluding carboxylic acids is 1. The van der Waals surface area contributed by atoms with Crippen LogP contribution < -0.4 is 20.9 Å². The molecular weight excluding hydrogens is 327 g/mol. The van der Waals surface area contributed by atoms with E-state index in [2.05, 4.69) is 20.6 Å². The summed E-state index contributed by atoms with van der Waals surface area (Å²) >= 11 is 0. The Morgan fingerprint density at radius 3 is 2.56 bits per heavy atom. The molecule has 0 radical (unpaired) electrons. The smallest absolute Gasteiger partial charge is 0.320 e. The van der Waals surface area contributed by atoms with E-state index in [-0.39, 0.29) is 17.1 Å². The van der Waals surface area contributed by atoms with E-state index in [9.17, 15) is 14.0 Å². The highest BCUT2D eigenvalue weighted by atomic mass is 19.1. The number of ether oxygens (including phenoxy) is 1. The average molecular weight is 346 g/mol. The van der Waals surface area contributed by atoms with Gasteiger partial charge in [-0.05, 0) is 37.1 Å². The van der Waals surface area contributed by atoms with Crippen molar-refractivity contribution < 1.29 is 13.9 Å². The molecule has 1 aliphatic carbocycles. The third-order valence-electron chi connectivity index (χ3n) is 4.35. The van der Waals surface area contributed by atoms with Gasteiger partial charge in [0.2, 0.25) is 5.75 Å². The Kier molecular flexibility index (Phi) is 4.69. The summed E-state index contributed by atoms with van der Waals surface area (Å²) in [5, 5.41) is 5.59. The molecule has 0 atom stereocenters. The Morgan fingerprint density at radius 2 is 1.96 bits per heavy atom. The van der Waals surface area contributed by atoms with Crippen molar-refractivity contribution in [3.63, 3.8) is 0 Å². The summed E-state index contributed by atoms with van der Waals surface area (Å²) in [6.07, 6.45) is 4.51. The molecule has 1 heterocycles. The fourth-order valence-corrected chi connectivity index (χ4v) is 3.08. The second-order valence-corrected chi connectivity index (χ2v) is 6.00. The van der Waals surface area contributed by atoms with Crippen LogP contribution in [0.3, 0.4) is 0 Å². The number of urea groups is 1. The van der Waals surface area contributed by atoms with Crippen molar-refractivity contribution in [2.75, 3.05) is 12.4 Å². The first kappa shape index (κ1) is 16.9. The van der Waals surface area contributed by atoms with Gasteiger partial charge in [-0.1, -0.05) is 12.8 Å². The molecule has 132 valence electrons. The number of rotatable bonds is 4. The Labute approximate surface area is 143 Å². The van der Waals surface area contributed by atoms with Crippen LogP contribution in [0.15, 0.2) is 35.3 Å². The van der Waals surface area contributed by atoms with Gasteiger partial charge in [-0.15, -0.1) is 0 Å². The predicted molar refractivity (Wildman–Crippen MR) is 90.1 cm³/mol. The van der Waals surface area contributed by atoms with Crippen molar-refractivity contribution >= 4 is 11.7 Å². The minimum absolute atomic E-state index is 0.118. The fraction of sp³-hybridized carbons (Fsp3) is 0.353. The lowest BCUT2D eigenvalue weighted by Gasteiger charge is -2.29. The SMILES string of the molecule is COc1cnc(C2(NC(=O)Nc3ccc(F)cc3)CCCC2)[nH]c1=O. The van der Waals surface area contributed by atoms with E-state index in [0.29, 0.717) is 24.4 Å². The summed E-state index contributed by atoms with van der Waals surface area (Å²) < 4.78 is 17.9. The number of hydrogen-bond acceptors (Lipinski definition) is 4. The third-order valence-corrected chi connectivity index (χ3v) is 4.35. The molecule has 1 fully saturated rings. The van der Waals surface area contributed by atoms with Crippen LogP contribution in [0.4, 0.5) is 14.9 Å². The monoisotopic (exact) mass is 346 g/mol. The zero-order chi connectivity index (χ0) is 17.9. The first-order valence-electron chi connectivity index (χ1n) is 8.01. The largest absolute Gasteiger partial charge is 0.490 e. The van der Waals surface area contributed by atoms with Gasteiger partial charge in [0.25, 0.3) is 5.56 Å². The summed E-state index contributed by atoms with van der Waals surface area (Å²) in [4.78, 5) is 31.3. The molecular formula is C17H19FN4O3. The molecule has 0 saturated heterocycles. The number of nitrogens with zero attached hydrogens (tertiary/aromatic N) is 1. The number of methoxy groups -OCH3 is 1. The molecule has 8 heteroatoms. The van der Waals surface area contributed by atoms with Crippen LogP contribution in [0.1, 0.15) is 31.5 Å². The molecule has 0 unspecified atom stereocenters. The normalized spacial score (nSPS) is 15.6. The Balaban J connectivity index is 1.80. The van der Waals surface area contributed by atoms with Gasteiger partial charge in [0, 0.05) is 5.69 Å². The molecule has 2 amide bonds. The molecule has 3 rings (SSSR count). The lowest BCUT2D eigenvalue weighted by atomic mass is 9.96. The minimum Gasteiger partial charge on any atom is -0.490 e. The number of nitrogens with one attached hydrogen (secondary N) is 3. The molecule has 25 heavy (non-hydrogen) atoms. The lowest BCUT2D eigenvalue weighted by Crippen LogP contribution is -2.47. The van der Waals surface area contributed by atoms with E-state index in [1.807, 2.05) is 0 Å².